The molecule has 282 valence electrons. The fourth-order valence-corrected chi connectivity index (χ4v) is 8.75. The van der Waals surface area contributed by atoms with Crippen molar-refractivity contribution in [1.29, 1.82) is 0 Å². The van der Waals surface area contributed by atoms with Crippen LogP contribution < -0.4 is 0 Å². The van der Waals surface area contributed by atoms with Gasteiger partial charge >= 0.3 is 0 Å². The second-order valence-corrected chi connectivity index (χ2v) is 15.0. The average Bonchev–Trinajstić information content (AvgIpc) is 3.86. The Morgan fingerprint density at radius 3 is 1.33 bits per heavy atom. The van der Waals surface area contributed by atoms with Crippen LogP contribution in [0.5, 0.6) is 0 Å². The van der Waals surface area contributed by atoms with Crippen LogP contribution in [0.2, 0.25) is 0 Å². The van der Waals surface area contributed by atoms with Crippen molar-refractivity contribution in [2.75, 3.05) is 0 Å². The molecule has 0 unspecified atom stereocenters. The van der Waals surface area contributed by atoms with Gasteiger partial charge in [-0.25, -0.2) is 4.98 Å². The minimum atomic E-state index is 0.860. The standard InChI is InChI=1S/C56H38N4/c1-6-18-39(19-7-1)45-30-34-49(58-38-45)44-29-32-47-50(36-44)59(55(42-24-12-4-13-25-42)53(47)40-20-8-2-9-21-40)46-31-33-48-51(37-46)60(52-28-16-17-35-57-52)56(43-26-14-5-15-27-43)54(48)41-22-10-3-11-23-41/h1-38H. The zero-order valence-electron chi connectivity index (χ0n) is 32.7. The molecule has 0 atom stereocenters. The molecule has 0 bridgehead atoms. The predicted octanol–water partition coefficient (Wildman–Crippen LogP) is 14.4. The molecule has 0 aliphatic heterocycles. The van der Waals surface area contributed by atoms with Gasteiger partial charge in [-0.2, -0.15) is 0 Å². The molecule has 60 heavy (non-hydrogen) atoms. The molecule has 0 aliphatic rings. The lowest BCUT2D eigenvalue weighted by Gasteiger charge is -2.15. The molecule has 7 aromatic carbocycles. The number of aromatic nitrogens is 4. The van der Waals surface area contributed by atoms with Gasteiger partial charge < -0.3 is 4.57 Å². The second-order valence-electron chi connectivity index (χ2n) is 15.0. The molecule has 0 fully saturated rings. The highest BCUT2D eigenvalue weighted by molar-refractivity contribution is 6.09. The van der Waals surface area contributed by atoms with Gasteiger partial charge in [-0.15, -0.1) is 0 Å². The van der Waals surface area contributed by atoms with Gasteiger partial charge in [0.05, 0.1) is 28.1 Å². The van der Waals surface area contributed by atoms with E-state index in [1.54, 1.807) is 0 Å². The summed E-state index contributed by atoms with van der Waals surface area (Å²) >= 11 is 0. The van der Waals surface area contributed by atoms with E-state index in [2.05, 4.69) is 215 Å². The lowest BCUT2D eigenvalue weighted by atomic mass is 9.97. The van der Waals surface area contributed by atoms with Crippen molar-refractivity contribution >= 4 is 21.8 Å². The van der Waals surface area contributed by atoms with E-state index in [4.69, 9.17) is 9.97 Å². The Labute approximate surface area is 349 Å². The molecule has 4 heterocycles. The van der Waals surface area contributed by atoms with Gasteiger partial charge in [-0.3, -0.25) is 9.55 Å². The smallest absolute Gasteiger partial charge is 0.137 e. The molecule has 4 heteroatoms. The lowest BCUT2D eigenvalue weighted by Crippen LogP contribution is -2.01. The third-order valence-corrected chi connectivity index (χ3v) is 11.4. The number of benzene rings is 7. The van der Waals surface area contributed by atoms with Crippen LogP contribution in [0.15, 0.2) is 231 Å². The summed E-state index contributed by atoms with van der Waals surface area (Å²) in [5.74, 6) is 0.860. The predicted molar refractivity (Wildman–Crippen MR) is 248 cm³/mol. The SMILES string of the molecule is c1ccc(-c2ccc(-c3ccc4c(-c5ccccc5)c(-c5ccccc5)n(-c5ccc6c(-c7ccccc7)c(-c7ccccc7)n(-c7ccccn7)c6c5)c4c3)nc2)cc1. The van der Waals surface area contributed by atoms with Crippen molar-refractivity contribution in [3.8, 4) is 78.7 Å². The topological polar surface area (TPSA) is 35.6 Å². The van der Waals surface area contributed by atoms with Crippen LogP contribution in [-0.4, -0.2) is 19.1 Å². The molecule has 4 nitrogen and oxygen atoms in total. The first-order valence-corrected chi connectivity index (χ1v) is 20.3. The quantitative estimate of drug-likeness (QED) is 0.154. The maximum atomic E-state index is 5.02. The van der Waals surface area contributed by atoms with Crippen LogP contribution in [0.4, 0.5) is 0 Å². The first kappa shape index (κ1) is 35.1. The summed E-state index contributed by atoms with van der Waals surface area (Å²) in [6.07, 6.45) is 3.86. The van der Waals surface area contributed by atoms with E-state index in [0.717, 1.165) is 84.0 Å². The van der Waals surface area contributed by atoms with Crippen LogP contribution in [-0.2, 0) is 0 Å². The molecule has 0 amide bonds. The van der Waals surface area contributed by atoms with E-state index in [1.807, 2.05) is 24.5 Å². The normalized spacial score (nSPS) is 11.3. The van der Waals surface area contributed by atoms with Gasteiger partial charge in [0.15, 0.2) is 0 Å². The molecule has 11 aromatic rings. The summed E-state index contributed by atoms with van der Waals surface area (Å²) in [6, 6.07) is 77.6. The molecule has 11 rings (SSSR count). The number of hydrogen-bond donors (Lipinski definition) is 0. The van der Waals surface area contributed by atoms with Crippen molar-refractivity contribution in [3.63, 3.8) is 0 Å². The van der Waals surface area contributed by atoms with Gasteiger partial charge in [0.1, 0.15) is 5.82 Å². The summed E-state index contributed by atoms with van der Waals surface area (Å²) in [5.41, 5.74) is 16.6. The first-order valence-electron chi connectivity index (χ1n) is 20.3. The molecular weight excluding hydrogens is 729 g/mol. The fourth-order valence-electron chi connectivity index (χ4n) is 8.75. The molecule has 0 saturated heterocycles. The summed E-state index contributed by atoms with van der Waals surface area (Å²) in [5, 5.41) is 2.32. The first-order chi connectivity index (χ1) is 29.8. The molecular formula is C56H38N4. The Kier molecular flexibility index (Phi) is 8.79. The number of nitrogens with zero attached hydrogens (tertiary/aromatic N) is 4. The average molecular weight is 767 g/mol. The van der Waals surface area contributed by atoms with E-state index < -0.39 is 0 Å². The van der Waals surface area contributed by atoms with E-state index in [9.17, 15) is 0 Å². The highest BCUT2D eigenvalue weighted by atomic mass is 15.1. The van der Waals surface area contributed by atoms with E-state index >= 15 is 0 Å². The Balaban J connectivity index is 1.22. The zero-order chi connectivity index (χ0) is 39.8. The summed E-state index contributed by atoms with van der Waals surface area (Å²) < 4.78 is 4.79. The number of rotatable bonds is 8. The van der Waals surface area contributed by atoms with Crippen LogP contribution in [0.25, 0.3) is 100 Å². The summed E-state index contributed by atoms with van der Waals surface area (Å²) in [6.45, 7) is 0. The van der Waals surface area contributed by atoms with Gasteiger partial charge in [0.2, 0.25) is 0 Å². The van der Waals surface area contributed by atoms with Crippen molar-refractivity contribution in [2.45, 2.75) is 0 Å². The van der Waals surface area contributed by atoms with E-state index in [-0.39, 0.29) is 0 Å². The minimum absolute atomic E-state index is 0.860. The van der Waals surface area contributed by atoms with Crippen molar-refractivity contribution in [2.24, 2.45) is 0 Å². The van der Waals surface area contributed by atoms with Crippen molar-refractivity contribution < 1.29 is 0 Å². The molecule has 4 aromatic heterocycles. The fraction of sp³-hybridized carbons (Fsp3) is 0. The maximum Gasteiger partial charge on any atom is 0.137 e. The highest BCUT2D eigenvalue weighted by Gasteiger charge is 2.25. The largest absolute Gasteiger partial charge is 0.309 e. The Bertz CT molecular complexity index is 3250. The number of pyridine rings is 2. The van der Waals surface area contributed by atoms with Crippen LogP contribution in [0.3, 0.4) is 0 Å². The highest BCUT2D eigenvalue weighted by Crippen LogP contribution is 2.47. The molecule has 0 aliphatic carbocycles. The Hall–Kier alpha value is -8.08. The summed E-state index contributed by atoms with van der Waals surface area (Å²) in [7, 11) is 0. The Morgan fingerprint density at radius 2 is 0.800 bits per heavy atom. The Morgan fingerprint density at radius 1 is 0.317 bits per heavy atom. The number of fused-ring (bicyclic) bond motifs is 2. The summed E-state index contributed by atoms with van der Waals surface area (Å²) in [4.78, 5) is 9.99. The third kappa shape index (κ3) is 6.10. The van der Waals surface area contributed by atoms with E-state index in [0.29, 0.717) is 0 Å². The second kappa shape index (κ2) is 15.0. The third-order valence-electron chi connectivity index (χ3n) is 11.4. The number of hydrogen-bond acceptors (Lipinski definition) is 2. The zero-order valence-corrected chi connectivity index (χ0v) is 32.7. The van der Waals surface area contributed by atoms with Gasteiger partial charge in [-0.1, -0.05) is 182 Å². The van der Waals surface area contributed by atoms with E-state index in [1.165, 1.54) is 16.5 Å². The van der Waals surface area contributed by atoms with Crippen LogP contribution >= 0.6 is 0 Å². The molecule has 0 saturated carbocycles. The van der Waals surface area contributed by atoms with Crippen molar-refractivity contribution in [1.82, 2.24) is 19.1 Å². The monoisotopic (exact) mass is 766 g/mol. The van der Waals surface area contributed by atoms with Gasteiger partial charge in [0.25, 0.3) is 0 Å². The molecule has 0 spiro atoms. The van der Waals surface area contributed by atoms with Gasteiger partial charge in [-0.05, 0) is 64.2 Å². The van der Waals surface area contributed by atoms with Crippen LogP contribution in [0.1, 0.15) is 0 Å². The minimum Gasteiger partial charge on any atom is -0.309 e. The molecule has 0 radical (unpaired) electrons. The lowest BCUT2D eigenvalue weighted by molar-refractivity contribution is 1.05. The molecule has 0 N–H and O–H groups in total. The van der Waals surface area contributed by atoms with Crippen LogP contribution in [0, 0.1) is 0 Å². The van der Waals surface area contributed by atoms with Crippen molar-refractivity contribution in [3.05, 3.63) is 231 Å². The van der Waals surface area contributed by atoms with Gasteiger partial charge in [0, 0.05) is 51.1 Å². The maximum absolute atomic E-state index is 5.02.